The van der Waals surface area contributed by atoms with Crippen LogP contribution in [0.4, 0.5) is 0 Å². The lowest BCUT2D eigenvalue weighted by Gasteiger charge is -2.20. The monoisotopic (exact) mass is 408 g/mol. The number of likely N-dealkylation sites (N-methyl/N-ethyl adjacent to an activating group) is 1. The molecule has 29 heavy (non-hydrogen) atoms. The Kier molecular flexibility index (Phi) is 4.81. The van der Waals surface area contributed by atoms with Crippen molar-refractivity contribution in [3.63, 3.8) is 0 Å². The second-order valence-corrected chi connectivity index (χ2v) is 7.30. The lowest BCUT2D eigenvalue weighted by atomic mass is 10.0. The van der Waals surface area contributed by atoms with Crippen molar-refractivity contribution in [3.05, 3.63) is 48.3 Å². The maximum atomic E-state index is 13.1. The van der Waals surface area contributed by atoms with Crippen molar-refractivity contribution >= 4 is 44.5 Å². The molecule has 0 fully saturated rings. The van der Waals surface area contributed by atoms with Crippen LogP contribution in [0.1, 0.15) is 17.3 Å². The third-order valence-corrected chi connectivity index (χ3v) is 5.54. The van der Waals surface area contributed by atoms with E-state index in [1.165, 1.54) is 23.7 Å². The van der Waals surface area contributed by atoms with Crippen LogP contribution >= 0.6 is 11.3 Å². The van der Waals surface area contributed by atoms with Crippen LogP contribution < -0.4 is 0 Å². The minimum atomic E-state index is -1.14. The Bertz CT molecular complexity index is 1220. The fourth-order valence-corrected chi connectivity index (χ4v) is 4.08. The number of aromatic hydroxyl groups is 1. The standard InChI is InChI=1S/C20H16N4O4S/c1-2-24(10-15(25)26)20(28)16-17-13(21-7-8-22-17)9-11(18(16)27)19-23-12-5-3-4-6-14(12)29-19/h3-9,27H,2,10H2,1H3,(H,25,26). The molecule has 0 atom stereocenters. The fourth-order valence-electron chi connectivity index (χ4n) is 3.10. The summed E-state index contributed by atoms with van der Waals surface area (Å²) in [6.45, 7) is 1.35. The molecule has 0 radical (unpaired) electrons. The van der Waals surface area contributed by atoms with Gasteiger partial charge < -0.3 is 15.1 Å². The van der Waals surface area contributed by atoms with Crippen molar-refractivity contribution in [2.45, 2.75) is 6.92 Å². The van der Waals surface area contributed by atoms with Gasteiger partial charge in [-0.15, -0.1) is 11.3 Å². The number of carbonyl (C=O) groups excluding carboxylic acids is 1. The molecular weight excluding hydrogens is 392 g/mol. The lowest BCUT2D eigenvalue weighted by Crippen LogP contribution is -2.35. The molecule has 9 heteroatoms. The van der Waals surface area contributed by atoms with E-state index in [0.717, 1.165) is 15.1 Å². The van der Waals surface area contributed by atoms with Crippen LogP contribution in [-0.4, -0.2) is 55.0 Å². The molecule has 4 aromatic rings. The van der Waals surface area contributed by atoms with E-state index in [0.29, 0.717) is 16.1 Å². The number of phenolic OH excluding ortho intramolecular Hbond substituents is 1. The number of amides is 1. The number of carboxylic acid groups (broad SMARTS) is 1. The van der Waals surface area contributed by atoms with Gasteiger partial charge in [-0.3, -0.25) is 19.6 Å². The number of phenols is 1. The highest BCUT2D eigenvalue weighted by Crippen LogP contribution is 2.40. The largest absolute Gasteiger partial charge is 0.506 e. The Labute approximate surface area is 169 Å². The van der Waals surface area contributed by atoms with Crippen molar-refractivity contribution < 1.29 is 19.8 Å². The maximum Gasteiger partial charge on any atom is 0.323 e. The van der Waals surface area contributed by atoms with Gasteiger partial charge in [0.25, 0.3) is 5.91 Å². The molecule has 0 aliphatic heterocycles. The maximum absolute atomic E-state index is 13.1. The van der Waals surface area contributed by atoms with E-state index >= 15 is 0 Å². The van der Waals surface area contributed by atoms with Gasteiger partial charge in [0.1, 0.15) is 28.4 Å². The van der Waals surface area contributed by atoms with Crippen LogP contribution in [-0.2, 0) is 4.79 Å². The zero-order valence-corrected chi connectivity index (χ0v) is 16.2. The minimum Gasteiger partial charge on any atom is -0.506 e. The first kappa shape index (κ1) is 18.8. The lowest BCUT2D eigenvalue weighted by molar-refractivity contribution is -0.137. The quantitative estimate of drug-likeness (QED) is 0.521. The Morgan fingerprint density at radius 1 is 1.14 bits per heavy atom. The van der Waals surface area contributed by atoms with E-state index in [4.69, 9.17) is 5.11 Å². The zero-order chi connectivity index (χ0) is 20.5. The molecule has 0 unspecified atom stereocenters. The topological polar surface area (TPSA) is 117 Å². The molecule has 0 saturated carbocycles. The molecule has 0 bridgehead atoms. The number of benzene rings is 2. The second-order valence-electron chi connectivity index (χ2n) is 6.27. The van der Waals surface area contributed by atoms with Gasteiger partial charge in [-0.2, -0.15) is 0 Å². The highest BCUT2D eigenvalue weighted by molar-refractivity contribution is 7.21. The number of fused-ring (bicyclic) bond motifs is 2. The van der Waals surface area contributed by atoms with E-state index in [9.17, 15) is 14.7 Å². The molecule has 2 heterocycles. The molecule has 2 aromatic heterocycles. The summed E-state index contributed by atoms with van der Waals surface area (Å²) < 4.78 is 0.940. The predicted molar refractivity (Wildman–Crippen MR) is 109 cm³/mol. The summed E-state index contributed by atoms with van der Waals surface area (Å²) in [6.07, 6.45) is 2.91. The molecule has 0 aliphatic rings. The smallest absolute Gasteiger partial charge is 0.323 e. The molecule has 2 N–H and O–H groups in total. The summed E-state index contributed by atoms with van der Waals surface area (Å²) in [5.74, 6) is -2.05. The number of thiazole rings is 1. The number of carboxylic acids is 1. The minimum absolute atomic E-state index is 0.0760. The summed E-state index contributed by atoms with van der Waals surface area (Å²) in [6, 6.07) is 9.20. The molecule has 0 spiro atoms. The van der Waals surface area contributed by atoms with Crippen LogP contribution in [0.3, 0.4) is 0 Å². The van der Waals surface area contributed by atoms with Crippen molar-refractivity contribution in [1.29, 1.82) is 0 Å². The van der Waals surface area contributed by atoms with Crippen LogP contribution in [0.5, 0.6) is 5.75 Å². The van der Waals surface area contributed by atoms with Gasteiger partial charge in [-0.25, -0.2) is 4.98 Å². The van der Waals surface area contributed by atoms with Crippen molar-refractivity contribution in [1.82, 2.24) is 19.9 Å². The van der Waals surface area contributed by atoms with E-state index in [-0.39, 0.29) is 23.4 Å². The van der Waals surface area contributed by atoms with Gasteiger partial charge in [0.15, 0.2) is 0 Å². The second kappa shape index (κ2) is 7.44. The van der Waals surface area contributed by atoms with Crippen LogP contribution in [0.25, 0.3) is 31.8 Å². The number of aromatic nitrogens is 3. The van der Waals surface area contributed by atoms with E-state index in [1.807, 2.05) is 24.3 Å². The fraction of sp³-hybridized carbons (Fsp3) is 0.150. The van der Waals surface area contributed by atoms with Gasteiger partial charge in [0, 0.05) is 18.9 Å². The van der Waals surface area contributed by atoms with E-state index < -0.39 is 18.4 Å². The van der Waals surface area contributed by atoms with Crippen LogP contribution in [0, 0.1) is 0 Å². The molecule has 2 aromatic carbocycles. The first-order valence-corrected chi connectivity index (χ1v) is 9.65. The summed E-state index contributed by atoms with van der Waals surface area (Å²) in [4.78, 5) is 38.4. The normalized spacial score (nSPS) is 11.1. The average Bonchev–Trinajstić information content (AvgIpc) is 3.15. The molecule has 1 amide bonds. The molecule has 4 rings (SSSR count). The number of hydrogen-bond acceptors (Lipinski definition) is 7. The van der Waals surface area contributed by atoms with Crippen molar-refractivity contribution in [3.8, 4) is 16.3 Å². The molecule has 146 valence electrons. The van der Waals surface area contributed by atoms with Gasteiger partial charge in [0.05, 0.1) is 21.3 Å². The Balaban J connectivity index is 1.95. The number of para-hydroxylation sites is 1. The zero-order valence-electron chi connectivity index (χ0n) is 15.4. The van der Waals surface area contributed by atoms with Crippen LogP contribution in [0.15, 0.2) is 42.7 Å². The highest BCUT2D eigenvalue weighted by atomic mass is 32.1. The number of aliphatic carboxylic acids is 1. The average molecular weight is 408 g/mol. The molecular formula is C20H16N4O4S. The molecule has 0 aliphatic carbocycles. The number of hydrogen-bond donors (Lipinski definition) is 2. The Morgan fingerprint density at radius 3 is 2.62 bits per heavy atom. The summed E-state index contributed by atoms with van der Waals surface area (Å²) in [5, 5.41) is 20.7. The van der Waals surface area contributed by atoms with Crippen LogP contribution in [0.2, 0.25) is 0 Å². The molecule has 8 nitrogen and oxygen atoms in total. The highest BCUT2D eigenvalue weighted by Gasteiger charge is 2.27. The van der Waals surface area contributed by atoms with Crippen molar-refractivity contribution in [2.24, 2.45) is 0 Å². The third kappa shape index (κ3) is 3.36. The van der Waals surface area contributed by atoms with E-state index in [2.05, 4.69) is 15.0 Å². The summed E-state index contributed by atoms with van der Waals surface area (Å²) in [7, 11) is 0. The first-order valence-electron chi connectivity index (χ1n) is 8.83. The van der Waals surface area contributed by atoms with Crippen molar-refractivity contribution in [2.75, 3.05) is 13.1 Å². The SMILES string of the molecule is CCN(CC(=O)O)C(=O)c1c(O)c(-c2nc3ccccc3s2)cc2nccnc12. The number of nitrogens with zero attached hydrogens (tertiary/aromatic N) is 4. The Hall–Kier alpha value is -3.59. The van der Waals surface area contributed by atoms with Gasteiger partial charge in [0.2, 0.25) is 0 Å². The van der Waals surface area contributed by atoms with E-state index in [1.54, 1.807) is 13.0 Å². The van der Waals surface area contributed by atoms with Gasteiger partial charge >= 0.3 is 5.97 Å². The summed E-state index contributed by atoms with van der Waals surface area (Å²) >= 11 is 1.38. The molecule has 0 saturated heterocycles. The predicted octanol–water partition coefficient (Wildman–Crippen LogP) is 3.16. The summed E-state index contributed by atoms with van der Waals surface area (Å²) in [5.41, 5.74) is 1.68. The third-order valence-electron chi connectivity index (χ3n) is 4.47. The van der Waals surface area contributed by atoms with Gasteiger partial charge in [-0.05, 0) is 25.1 Å². The number of rotatable bonds is 5. The number of carbonyl (C=O) groups is 2. The Morgan fingerprint density at radius 2 is 1.90 bits per heavy atom. The van der Waals surface area contributed by atoms with Gasteiger partial charge in [-0.1, -0.05) is 12.1 Å². The first-order chi connectivity index (χ1) is 14.0.